The summed E-state index contributed by atoms with van der Waals surface area (Å²) in [5.74, 6) is 1.58. The van der Waals surface area contributed by atoms with Gasteiger partial charge in [-0.3, -0.25) is 0 Å². The van der Waals surface area contributed by atoms with E-state index in [2.05, 4.69) is 60.0 Å². The molecule has 2 atom stereocenters. The van der Waals surface area contributed by atoms with E-state index in [4.69, 9.17) is 5.73 Å². The number of rotatable bonds is 13. The normalized spacial score (nSPS) is 16.0. The van der Waals surface area contributed by atoms with E-state index in [-0.39, 0.29) is 3.49 Å². The van der Waals surface area contributed by atoms with Crippen LogP contribution >= 0.6 is 0 Å². The summed E-state index contributed by atoms with van der Waals surface area (Å²) in [6.07, 6.45) is 10.6. The second kappa shape index (κ2) is 12.8. The Morgan fingerprint density at radius 3 is 2.26 bits per heavy atom. The van der Waals surface area contributed by atoms with Crippen molar-refractivity contribution in [2.45, 2.75) is 87.9 Å². The average Bonchev–Trinajstić information content (AvgIpc) is 2.49. The van der Waals surface area contributed by atoms with Crippen LogP contribution < -0.4 is 11.1 Å². The van der Waals surface area contributed by atoms with Crippen LogP contribution in [-0.4, -0.2) is 37.3 Å². The molecule has 3 N–H and O–H groups in total. The predicted molar refractivity (Wildman–Crippen MR) is 108 cm³/mol. The Hall–Kier alpha value is 0.478. The minimum absolute atomic E-state index is 0.0298. The standard InChI is InChI=1S/C9H19.C8H16N.C3H8N.Sb/c1-4-7-8-9(5-2)6-3;1-4-8(2)6-5-7-9-3;1-3(2)4;/h9H,2,4-8H2,1,3H3;6,8-9H,4,7H2,1-3H3;4H2,1-2H3;. The first-order chi connectivity index (χ1) is 10.8. The van der Waals surface area contributed by atoms with Gasteiger partial charge in [-0.15, -0.1) is 0 Å². The molecule has 0 aromatic carbocycles. The van der Waals surface area contributed by atoms with Gasteiger partial charge in [0.15, 0.2) is 0 Å². The Labute approximate surface area is 154 Å². The predicted octanol–water partition coefficient (Wildman–Crippen LogP) is 5.10. The summed E-state index contributed by atoms with van der Waals surface area (Å²) in [7, 11) is 2.07. The van der Waals surface area contributed by atoms with Crippen molar-refractivity contribution in [2.24, 2.45) is 17.6 Å². The summed E-state index contributed by atoms with van der Waals surface area (Å²) in [5.41, 5.74) is 6.67. The van der Waals surface area contributed by atoms with Crippen LogP contribution in [0.5, 0.6) is 0 Å². The van der Waals surface area contributed by atoms with E-state index in [1.807, 2.05) is 0 Å². The summed E-state index contributed by atoms with van der Waals surface area (Å²) in [5, 5.41) is 3.41. The zero-order valence-corrected chi connectivity index (χ0v) is 19.5. The molecule has 0 saturated heterocycles. The van der Waals surface area contributed by atoms with Crippen molar-refractivity contribution < 1.29 is 0 Å². The maximum absolute atomic E-state index is 6.67. The molecule has 3 heteroatoms. The first-order valence-electron chi connectivity index (χ1n) is 9.71. The van der Waals surface area contributed by atoms with Crippen molar-refractivity contribution in [1.82, 2.24) is 5.32 Å². The van der Waals surface area contributed by atoms with E-state index in [0.29, 0.717) is 5.92 Å². The van der Waals surface area contributed by atoms with Crippen LogP contribution in [0.15, 0.2) is 9.60 Å². The number of unbranched alkanes of at least 4 members (excludes halogenated alkanes) is 1. The summed E-state index contributed by atoms with van der Waals surface area (Å²) in [6.45, 7) is 14.9. The Morgan fingerprint density at radius 2 is 1.83 bits per heavy atom. The first-order valence-corrected chi connectivity index (χ1v) is 14.1. The molecule has 0 aliphatic rings. The second-order valence-corrected chi connectivity index (χ2v) is 16.2. The van der Waals surface area contributed by atoms with Crippen molar-refractivity contribution in [3.05, 3.63) is 9.60 Å². The molecule has 0 bridgehead atoms. The molecule has 0 aliphatic heterocycles. The fourth-order valence-electron chi connectivity index (χ4n) is 3.03. The zero-order chi connectivity index (χ0) is 17.9. The SMILES string of the molecule is CCCCC(CC)C[CH2][Sb](/[C](=C/C(C)CC)CNC)[C](C)(C)N. The Balaban J connectivity index is 5.07. The molecule has 0 saturated carbocycles. The van der Waals surface area contributed by atoms with Gasteiger partial charge in [0.2, 0.25) is 0 Å². The molecular weight excluding hydrogens is 390 g/mol. The van der Waals surface area contributed by atoms with Crippen LogP contribution in [0.3, 0.4) is 0 Å². The van der Waals surface area contributed by atoms with Gasteiger partial charge in [-0.05, 0) is 0 Å². The van der Waals surface area contributed by atoms with Crippen molar-refractivity contribution >= 4 is 20.2 Å². The molecule has 0 rings (SSSR count). The third-order valence-corrected chi connectivity index (χ3v) is 13.7. The molecule has 0 aliphatic carbocycles. The molecular formula is C20H43N2Sb. The Kier molecular flexibility index (Phi) is 13.1. The van der Waals surface area contributed by atoms with E-state index in [1.165, 1.54) is 42.9 Å². The third-order valence-electron chi connectivity index (χ3n) is 4.83. The van der Waals surface area contributed by atoms with Crippen LogP contribution in [0, 0.1) is 11.8 Å². The number of nitrogens with two attached hydrogens (primary N) is 1. The van der Waals surface area contributed by atoms with Gasteiger partial charge in [0.1, 0.15) is 0 Å². The monoisotopic (exact) mass is 432 g/mol. The number of likely N-dealkylation sites (N-methyl/N-ethyl adjacent to an activating group) is 1. The van der Waals surface area contributed by atoms with E-state index in [9.17, 15) is 0 Å². The van der Waals surface area contributed by atoms with Crippen LogP contribution in [0.1, 0.15) is 80.1 Å². The van der Waals surface area contributed by atoms with E-state index in [0.717, 1.165) is 12.5 Å². The molecule has 0 spiro atoms. The molecule has 2 unspecified atom stereocenters. The molecule has 0 aromatic heterocycles. The fourth-order valence-corrected chi connectivity index (χ4v) is 11.6. The second-order valence-electron chi connectivity index (χ2n) is 7.58. The van der Waals surface area contributed by atoms with E-state index >= 15 is 0 Å². The minimum atomic E-state index is -1.67. The summed E-state index contributed by atoms with van der Waals surface area (Å²) in [4.78, 5) is 0. The van der Waals surface area contributed by atoms with Crippen molar-refractivity contribution in [1.29, 1.82) is 0 Å². The number of hydrogen-bond acceptors (Lipinski definition) is 2. The number of nitrogens with one attached hydrogen (secondary N) is 1. The van der Waals surface area contributed by atoms with Crippen molar-refractivity contribution in [2.75, 3.05) is 13.6 Å². The fraction of sp³-hybridized carbons (Fsp3) is 0.900. The van der Waals surface area contributed by atoms with Gasteiger partial charge in [-0.1, -0.05) is 0 Å². The van der Waals surface area contributed by atoms with Gasteiger partial charge in [0.25, 0.3) is 0 Å². The molecule has 0 fully saturated rings. The quantitative estimate of drug-likeness (QED) is 0.397. The maximum atomic E-state index is 6.67. The van der Waals surface area contributed by atoms with Gasteiger partial charge in [-0.2, -0.15) is 0 Å². The van der Waals surface area contributed by atoms with Gasteiger partial charge >= 0.3 is 154 Å². The van der Waals surface area contributed by atoms with Gasteiger partial charge < -0.3 is 0 Å². The topological polar surface area (TPSA) is 38.0 Å². The molecule has 0 amide bonds. The first kappa shape index (κ1) is 23.5. The molecule has 0 heterocycles. The van der Waals surface area contributed by atoms with E-state index < -0.39 is 20.2 Å². The molecule has 23 heavy (non-hydrogen) atoms. The van der Waals surface area contributed by atoms with Crippen LogP contribution in [0.2, 0.25) is 4.37 Å². The average molecular weight is 433 g/mol. The zero-order valence-electron chi connectivity index (χ0n) is 16.9. The van der Waals surface area contributed by atoms with Gasteiger partial charge in [-0.25, -0.2) is 0 Å². The molecule has 2 nitrogen and oxygen atoms in total. The van der Waals surface area contributed by atoms with Gasteiger partial charge in [0.05, 0.1) is 0 Å². The molecule has 138 valence electrons. The van der Waals surface area contributed by atoms with Crippen molar-refractivity contribution in [3.8, 4) is 0 Å². The van der Waals surface area contributed by atoms with Crippen LogP contribution in [0.25, 0.3) is 0 Å². The molecule has 0 aromatic rings. The molecule has 0 radical (unpaired) electrons. The Morgan fingerprint density at radius 1 is 1.17 bits per heavy atom. The summed E-state index contributed by atoms with van der Waals surface area (Å²) < 4.78 is 3.13. The number of allylic oxidation sites excluding steroid dienone is 1. The van der Waals surface area contributed by atoms with Crippen LogP contribution in [-0.2, 0) is 0 Å². The third kappa shape index (κ3) is 10.1. The Bertz CT molecular complexity index is 320. The van der Waals surface area contributed by atoms with E-state index in [1.54, 1.807) is 3.52 Å². The number of hydrogen-bond donors (Lipinski definition) is 2. The van der Waals surface area contributed by atoms with Crippen molar-refractivity contribution in [3.63, 3.8) is 0 Å². The van der Waals surface area contributed by atoms with Crippen LogP contribution in [0.4, 0.5) is 0 Å². The summed E-state index contributed by atoms with van der Waals surface area (Å²) in [6, 6.07) is 0. The summed E-state index contributed by atoms with van der Waals surface area (Å²) >= 11 is -1.67. The van der Waals surface area contributed by atoms with Gasteiger partial charge in [0, 0.05) is 0 Å².